The number of hydrogen-bond acceptors (Lipinski definition) is 6. The van der Waals surface area contributed by atoms with Gasteiger partial charge in [0, 0.05) is 30.4 Å². The Morgan fingerprint density at radius 1 is 1.32 bits per heavy atom. The van der Waals surface area contributed by atoms with Gasteiger partial charge in [-0.3, -0.25) is 24.8 Å². The summed E-state index contributed by atoms with van der Waals surface area (Å²) in [5.74, 6) is 0. The first-order valence-electron chi connectivity index (χ1n) is 6.55. The van der Waals surface area contributed by atoms with Crippen molar-refractivity contribution in [1.29, 1.82) is 0 Å². The minimum absolute atomic E-state index is 0.160. The van der Waals surface area contributed by atoms with Crippen molar-refractivity contribution in [2.45, 2.75) is 19.4 Å². The number of nitrogens with zero attached hydrogens (tertiary/aromatic N) is 4. The molecule has 1 N–H and O–H groups in total. The first-order valence-corrected chi connectivity index (χ1v) is 6.55. The van der Waals surface area contributed by atoms with Gasteiger partial charge in [0.05, 0.1) is 22.2 Å². The molecule has 0 bridgehead atoms. The molecule has 1 atom stereocenters. The predicted octanol–water partition coefficient (Wildman–Crippen LogP) is 1.84. The van der Waals surface area contributed by atoms with Gasteiger partial charge in [0.25, 0.3) is 11.4 Å². The molecule has 1 aromatic carbocycles. The Balaban J connectivity index is 2.51. The van der Waals surface area contributed by atoms with Gasteiger partial charge in [0.2, 0.25) is 0 Å². The van der Waals surface area contributed by atoms with Crippen LogP contribution in [-0.4, -0.2) is 32.5 Å². The van der Waals surface area contributed by atoms with E-state index in [4.69, 9.17) is 0 Å². The van der Waals surface area contributed by atoms with E-state index < -0.39 is 9.85 Å². The van der Waals surface area contributed by atoms with Crippen LogP contribution in [0.25, 0.3) is 5.69 Å². The van der Waals surface area contributed by atoms with Crippen molar-refractivity contribution in [3.8, 4) is 5.69 Å². The van der Waals surface area contributed by atoms with Crippen molar-refractivity contribution in [1.82, 2.24) is 14.9 Å². The van der Waals surface area contributed by atoms with Crippen LogP contribution in [-0.2, 0) is 6.42 Å². The normalized spacial score (nSPS) is 12.1. The summed E-state index contributed by atoms with van der Waals surface area (Å²) in [7, 11) is 1.82. The number of benzene rings is 1. The van der Waals surface area contributed by atoms with Crippen LogP contribution in [0.5, 0.6) is 0 Å². The summed E-state index contributed by atoms with van der Waals surface area (Å²) in [6.45, 7) is 1.97. The molecule has 0 amide bonds. The Labute approximate surface area is 125 Å². The Morgan fingerprint density at radius 2 is 2.05 bits per heavy atom. The Kier molecular flexibility index (Phi) is 4.47. The van der Waals surface area contributed by atoms with Crippen molar-refractivity contribution in [2.75, 3.05) is 7.05 Å². The van der Waals surface area contributed by atoms with Crippen LogP contribution in [0.15, 0.2) is 30.7 Å². The lowest BCUT2D eigenvalue weighted by atomic mass is 10.1. The summed E-state index contributed by atoms with van der Waals surface area (Å²) in [5, 5.41) is 25.1. The highest BCUT2D eigenvalue weighted by molar-refractivity contribution is 5.58. The summed E-state index contributed by atoms with van der Waals surface area (Å²) in [6, 6.07) is 3.73. The van der Waals surface area contributed by atoms with Crippen molar-refractivity contribution < 1.29 is 9.85 Å². The maximum atomic E-state index is 11.2. The first-order chi connectivity index (χ1) is 10.4. The summed E-state index contributed by atoms with van der Waals surface area (Å²) >= 11 is 0. The van der Waals surface area contributed by atoms with E-state index in [1.165, 1.54) is 18.5 Å². The second-order valence-corrected chi connectivity index (χ2v) is 4.84. The van der Waals surface area contributed by atoms with Crippen LogP contribution in [0.3, 0.4) is 0 Å². The maximum Gasteiger partial charge on any atom is 0.300 e. The Morgan fingerprint density at radius 3 is 2.64 bits per heavy atom. The summed E-state index contributed by atoms with van der Waals surface area (Å²) in [6.07, 6.45) is 3.70. The Bertz CT molecular complexity index is 712. The van der Waals surface area contributed by atoms with Crippen LogP contribution in [0, 0.1) is 20.2 Å². The van der Waals surface area contributed by atoms with Gasteiger partial charge < -0.3 is 5.32 Å². The number of non-ortho nitro benzene ring substituents is 1. The molecule has 0 aliphatic heterocycles. The van der Waals surface area contributed by atoms with E-state index in [1.807, 2.05) is 14.0 Å². The third kappa shape index (κ3) is 3.09. The van der Waals surface area contributed by atoms with Crippen LogP contribution in [0.1, 0.15) is 12.6 Å². The van der Waals surface area contributed by atoms with Gasteiger partial charge in [-0.05, 0) is 20.0 Å². The number of nitrogens with one attached hydrogen (secondary N) is 1. The molecule has 0 spiro atoms. The third-order valence-electron chi connectivity index (χ3n) is 3.35. The molecule has 1 unspecified atom stereocenters. The topological polar surface area (TPSA) is 116 Å². The third-order valence-corrected chi connectivity index (χ3v) is 3.35. The van der Waals surface area contributed by atoms with Crippen LogP contribution in [0.2, 0.25) is 0 Å². The molecule has 0 saturated carbocycles. The molecule has 1 aromatic heterocycles. The van der Waals surface area contributed by atoms with Gasteiger partial charge >= 0.3 is 0 Å². The summed E-state index contributed by atoms with van der Waals surface area (Å²) in [4.78, 5) is 24.7. The fourth-order valence-electron chi connectivity index (χ4n) is 2.08. The number of imidazole rings is 1. The average Bonchev–Trinajstić information content (AvgIpc) is 2.94. The second-order valence-electron chi connectivity index (χ2n) is 4.84. The number of hydrogen-bond donors (Lipinski definition) is 1. The first kappa shape index (κ1) is 15.6. The zero-order chi connectivity index (χ0) is 16.3. The number of likely N-dealkylation sites (N-methyl/N-ethyl adjacent to an activating group) is 1. The second kappa shape index (κ2) is 6.31. The van der Waals surface area contributed by atoms with Gasteiger partial charge in [-0.1, -0.05) is 0 Å². The number of rotatable bonds is 6. The standard InChI is InChI=1S/C13H15N5O4/c1-9(14-2)5-11-7-15-8-16(11)12-4-3-10(17(19)20)6-13(12)18(21)22/h3-4,6-9,14H,5H2,1-2H3. The van der Waals surface area contributed by atoms with Crippen LogP contribution >= 0.6 is 0 Å². The van der Waals surface area contributed by atoms with Crippen molar-refractivity contribution >= 4 is 11.4 Å². The summed E-state index contributed by atoms with van der Waals surface area (Å²) in [5.41, 5.74) is 0.386. The van der Waals surface area contributed by atoms with E-state index in [-0.39, 0.29) is 23.1 Å². The zero-order valence-corrected chi connectivity index (χ0v) is 12.1. The van der Waals surface area contributed by atoms with E-state index in [2.05, 4.69) is 10.3 Å². The van der Waals surface area contributed by atoms with Gasteiger partial charge in [-0.25, -0.2) is 4.98 Å². The van der Waals surface area contributed by atoms with E-state index in [1.54, 1.807) is 10.8 Å². The van der Waals surface area contributed by atoms with Gasteiger partial charge in [0.15, 0.2) is 0 Å². The lowest BCUT2D eigenvalue weighted by Crippen LogP contribution is -2.24. The summed E-state index contributed by atoms with van der Waals surface area (Å²) < 4.78 is 1.58. The molecule has 116 valence electrons. The molecular formula is C13H15N5O4. The number of nitro benzene ring substituents is 2. The molecule has 2 rings (SSSR count). The van der Waals surface area contributed by atoms with E-state index in [0.29, 0.717) is 6.42 Å². The van der Waals surface area contributed by atoms with E-state index in [9.17, 15) is 20.2 Å². The number of nitro groups is 2. The quantitative estimate of drug-likeness (QED) is 0.643. The smallest absolute Gasteiger partial charge is 0.300 e. The average molecular weight is 305 g/mol. The number of aromatic nitrogens is 2. The minimum atomic E-state index is -0.658. The molecule has 22 heavy (non-hydrogen) atoms. The van der Waals surface area contributed by atoms with Crippen LogP contribution in [0.4, 0.5) is 11.4 Å². The fourth-order valence-corrected chi connectivity index (χ4v) is 2.08. The molecular weight excluding hydrogens is 290 g/mol. The van der Waals surface area contributed by atoms with Crippen LogP contribution < -0.4 is 5.32 Å². The molecule has 0 aliphatic carbocycles. The SMILES string of the molecule is CNC(C)Cc1cncn1-c1ccc([N+](=O)[O-])cc1[N+](=O)[O-]. The van der Waals surface area contributed by atoms with Gasteiger partial charge in [-0.2, -0.15) is 0 Å². The largest absolute Gasteiger partial charge is 0.317 e. The predicted molar refractivity (Wildman–Crippen MR) is 79.1 cm³/mol. The van der Waals surface area contributed by atoms with Gasteiger partial charge in [0.1, 0.15) is 5.69 Å². The monoisotopic (exact) mass is 305 g/mol. The molecule has 0 saturated heterocycles. The molecule has 9 heteroatoms. The van der Waals surface area contributed by atoms with E-state index in [0.717, 1.165) is 11.8 Å². The highest BCUT2D eigenvalue weighted by Gasteiger charge is 2.22. The van der Waals surface area contributed by atoms with E-state index >= 15 is 0 Å². The Hall–Kier alpha value is -2.81. The van der Waals surface area contributed by atoms with Crippen molar-refractivity contribution in [2.24, 2.45) is 0 Å². The fraction of sp³-hybridized carbons (Fsp3) is 0.308. The molecule has 2 aromatic rings. The molecule has 0 radical (unpaired) electrons. The molecule has 0 fully saturated rings. The van der Waals surface area contributed by atoms with Crippen molar-refractivity contribution in [3.05, 3.63) is 56.6 Å². The molecule has 1 heterocycles. The lowest BCUT2D eigenvalue weighted by Gasteiger charge is -2.12. The highest BCUT2D eigenvalue weighted by atomic mass is 16.6. The molecule has 9 nitrogen and oxygen atoms in total. The maximum absolute atomic E-state index is 11.2. The highest BCUT2D eigenvalue weighted by Crippen LogP contribution is 2.28. The minimum Gasteiger partial charge on any atom is -0.317 e. The molecule has 0 aliphatic rings. The van der Waals surface area contributed by atoms with Gasteiger partial charge in [-0.15, -0.1) is 0 Å². The van der Waals surface area contributed by atoms with Crippen molar-refractivity contribution in [3.63, 3.8) is 0 Å². The zero-order valence-electron chi connectivity index (χ0n) is 12.1. The lowest BCUT2D eigenvalue weighted by molar-refractivity contribution is -0.394.